The maximum atomic E-state index is 12.8. The average Bonchev–Trinajstić information content (AvgIpc) is 2.46. The Bertz CT molecular complexity index is 501. The van der Waals surface area contributed by atoms with E-state index in [0.29, 0.717) is 12.1 Å². The van der Waals surface area contributed by atoms with E-state index < -0.39 is 6.10 Å². The minimum absolute atomic E-state index is 0.0521. The Morgan fingerprint density at radius 3 is 2.58 bits per heavy atom. The first kappa shape index (κ1) is 13.6. The highest BCUT2D eigenvalue weighted by atomic mass is 19.1. The highest BCUT2D eigenvalue weighted by Gasteiger charge is 2.11. The normalized spacial score (nSPS) is 14.1. The Kier molecular flexibility index (Phi) is 4.60. The molecular formula is C15H17FN2O. The lowest BCUT2D eigenvalue weighted by Gasteiger charge is -2.17. The van der Waals surface area contributed by atoms with Crippen LogP contribution < -0.4 is 5.32 Å². The van der Waals surface area contributed by atoms with E-state index in [1.807, 2.05) is 25.1 Å². The average molecular weight is 260 g/mol. The molecule has 0 spiro atoms. The van der Waals surface area contributed by atoms with Gasteiger partial charge in [0.25, 0.3) is 0 Å². The maximum Gasteiger partial charge on any atom is 0.123 e. The van der Waals surface area contributed by atoms with E-state index in [1.165, 1.54) is 12.1 Å². The van der Waals surface area contributed by atoms with Crippen LogP contribution in [0.3, 0.4) is 0 Å². The van der Waals surface area contributed by atoms with Crippen LogP contribution in [0.5, 0.6) is 0 Å². The fraction of sp³-hybridized carbons (Fsp3) is 0.267. The maximum absolute atomic E-state index is 12.8. The number of pyridine rings is 1. The smallest absolute Gasteiger partial charge is 0.123 e. The van der Waals surface area contributed by atoms with Crippen LogP contribution in [0.2, 0.25) is 0 Å². The molecule has 0 saturated heterocycles. The predicted octanol–water partition coefficient (Wildman–Crippen LogP) is 2.60. The molecule has 1 aromatic carbocycles. The SMILES string of the molecule is CC(NCC(O)c1ccc(F)cc1)c1ccccn1. The van der Waals surface area contributed by atoms with Crippen LogP contribution in [-0.4, -0.2) is 16.6 Å². The van der Waals surface area contributed by atoms with Gasteiger partial charge in [-0.05, 0) is 36.8 Å². The second-order valence-corrected chi connectivity index (χ2v) is 4.45. The van der Waals surface area contributed by atoms with Gasteiger partial charge in [0, 0.05) is 18.8 Å². The number of nitrogens with one attached hydrogen (secondary N) is 1. The van der Waals surface area contributed by atoms with Crippen LogP contribution in [0.25, 0.3) is 0 Å². The number of halogens is 1. The second kappa shape index (κ2) is 6.41. The van der Waals surface area contributed by atoms with Crippen LogP contribution in [0.1, 0.15) is 30.3 Å². The number of hydrogen-bond donors (Lipinski definition) is 2. The highest BCUT2D eigenvalue weighted by Crippen LogP contribution is 2.14. The van der Waals surface area contributed by atoms with Gasteiger partial charge in [0.1, 0.15) is 5.82 Å². The molecule has 1 heterocycles. The van der Waals surface area contributed by atoms with E-state index >= 15 is 0 Å². The van der Waals surface area contributed by atoms with Crippen molar-refractivity contribution in [3.05, 3.63) is 65.7 Å². The lowest BCUT2D eigenvalue weighted by molar-refractivity contribution is 0.170. The van der Waals surface area contributed by atoms with Crippen molar-refractivity contribution in [3.63, 3.8) is 0 Å². The molecule has 0 aliphatic heterocycles. The van der Waals surface area contributed by atoms with Gasteiger partial charge in [-0.1, -0.05) is 18.2 Å². The summed E-state index contributed by atoms with van der Waals surface area (Å²) in [6.07, 6.45) is 1.08. The zero-order valence-corrected chi connectivity index (χ0v) is 10.8. The van der Waals surface area contributed by atoms with Gasteiger partial charge in [0.2, 0.25) is 0 Å². The van der Waals surface area contributed by atoms with Crippen LogP contribution in [0.15, 0.2) is 48.7 Å². The Labute approximate surface area is 112 Å². The molecular weight excluding hydrogens is 243 g/mol. The molecule has 0 aliphatic rings. The molecule has 0 fully saturated rings. The Morgan fingerprint density at radius 2 is 1.95 bits per heavy atom. The molecule has 2 aromatic rings. The zero-order chi connectivity index (χ0) is 13.7. The first-order valence-corrected chi connectivity index (χ1v) is 6.24. The van der Waals surface area contributed by atoms with Gasteiger partial charge in [0.15, 0.2) is 0 Å². The van der Waals surface area contributed by atoms with E-state index in [2.05, 4.69) is 10.3 Å². The second-order valence-electron chi connectivity index (χ2n) is 4.45. The molecule has 100 valence electrons. The number of aliphatic hydroxyl groups is 1. The standard InChI is InChI=1S/C15H17FN2O/c1-11(14-4-2-3-9-17-14)18-10-15(19)12-5-7-13(16)8-6-12/h2-9,11,15,18-19H,10H2,1H3. The molecule has 4 heteroatoms. The molecule has 2 unspecified atom stereocenters. The van der Waals surface area contributed by atoms with Crippen molar-refractivity contribution in [1.82, 2.24) is 10.3 Å². The summed E-state index contributed by atoms with van der Waals surface area (Å²) in [5, 5.41) is 13.2. The number of benzene rings is 1. The van der Waals surface area contributed by atoms with Gasteiger partial charge in [-0.3, -0.25) is 4.98 Å². The first-order valence-electron chi connectivity index (χ1n) is 6.24. The van der Waals surface area contributed by atoms with Gasteiger partial charge in [-0.2, -0.15) is 0 Å². The minimum Gasteiger partial charge on any atom is -0.387 e. The Hall–Kier alpha value is -1.78. The van der Waals surface area contributed by atoms with Crippen LogP contribution in [-0.2, 0) is 0 Å². The lowest BCUT2D eigenvalue weighted by atomic mass is 10.1. The molecule has 0 saturated carbocycles. The third-order valence-corrected chi connectivity index (χ3v) is 3.00. The summed E-state index contributed by atoms with van der Waals surface area (Å²) in [6, 6.07) is 11.7. The summed E-state index contributed by atoms with van der Waals surface area (Å²) in [6.45, 7) is 2.38. The van der Waals surface area contributed by atoms with E-state index in [4.69, 9.17) is 0 Å². The van der Waals surface area contributed by atoms with E-state index in [-0.39, 0.29) is 11.9 Å². The van der Waals surface area contributed by atoms with Crippen molar-refractivity contribution in [3.8, 4) is 0 Å². The molecule has 0 amide bonds. The van der Waals surface area contributed by atoms with Crippen molar-refractivity contribution in [1.29, 1.82) is 0 Å². The quantitative estimate of drug-likeness (QED) is 0.868. The Balaban J connectivity index is 1.90. The van der Waals surface area contributed by atoms with Gasteiger partial charge >= 0.3 is 0 Å². The summed E-state index contributed by atoms with van der Waals surface area (Å²) in [5.74, 6) is -0.300. The van der Waals surface area contributed by atoms with E-state index in [9.17, 15) is 9.50 Å². The van der Waals surface area contributed by atoms with Crippen molar-refractivity contribution in [2.24, 2.45) is 0 Å². The zero-order valence-electron chi connectivity index (χ0n) is 10.8. The Morgan fingerprint density at radius 1 is 1.21 bits per heavy atom. The van der Waals surface area contributed by atoms with Crippen molar-refractivity contribution < 1.29 is 9.50 Å². The summed E-state index contributed by atoms with van der Waals surface area (Å²) in [4.78, 5) is 4.25. The van der Waals surface area contributed by atoms with Gasteiger partial charge < -0.3 is 10.4 Å². The first-order chi connectivity index (χ1) is 9.16. The van der Waals surface area contributed by atoms with Crippen molar-refractivity contribution >= 4 is 0 Å². The van der Waals surface area contributed by atoms with E-state index in [0.717, 1.165) is 5.69 Å². The van der Waals surface area contributed by atoms with Crippen LogP contribution >= 0.6 is 0 Å². The summed E-state index contributed by atoms with van der Waals surface area (Å²) in [7, 11) is 0. The molecule has 1 aromatic heterocycles. The topological polar surface area (TPSA) is 45.1 Å². The fourth-order valence-electron chi connectivity index (χ4n) is 1.83. The summed E-state index contributed by atoms with van der Waals surface area (Å²) >= 11 is 0. The minimum atomic E-state index is -0.660. The van der Waals surface area contributed by atoms with Gasteiger partial charge in [-0.25, -0.2) is 4.39 Å². The number of nitrogens with zero attached hydrogens (tertiary/aromatic N) is 1. The van der Waals surface area contributed by atoms with Gasteiger partial charge in [0.05, 0.1) is 11.8 Å². The molecule has 19 heavy (non-hydrogen) atoms. The van der Waals surface area contributed by atoms with Crippen LogP contribution in [0, 0.1) is 5.82 Å². The monoisotopic (exact) mass is 260 g/mol. The van der Waals surface area contributed by atoms with Gasteiger partial charge in [-0.15, -0.1) is 0 Å². The van der Waals surface area contributed by atoms with Crippen molar-refractivity contribution in [2.45, 2.75) is 19.1 Å². The molecule has 0 bridgehead atoms. The summed E-state index contributed by atoms with van der Waals surface area (Å²) in [5.41, 5.74) is 1.62. The molecule has 2 N–H and O–H groups in total. The summed E-state index contributed by atoms with van der Waals surface area (Å²) < 4.78 is 12.8. The third-order valence-electron chi connectivity index (χ3n) is 3.00. The largest absolute Gasteiger partial charge is 0.387 e. The number of aliphatic hydroxyl groups excluding tert-OH is 1. The molecule has 0 aliphatic carbocycles. The molecule has 0 radical (unpaired) electrons. The third kappa shape index (κ3) is 3.84. The molecule has 2 atom stereocenters. The molecule has 2 rings (SSSR count). The number of rotatable bonds is 5. The molecule has 3 nitrogen and oxygen atoms in total. The fourth-order valence-corrected chi connectivity index (χ4v) is 1.83. The predicted molar refractivity (Wildman–Crippen MR) is 72.0 cm³/mol. The van der Waals surface area contributed by atoms with E-state index in [1.54, 1.807) is 18.3 Å². The number of hydrogen-bond acceptors (Lipinski definition) is 3. The van der Waals surface area contributed by atoms with Crippen molar-refractivity contribution in [2.75, 3.05) is 6.54 Å². The van der Waals surface area contributed by atoms with Crippen LogP contribution in [0.4, 0.5) is 4.39 Å². The number of aromatic nitrogens is 1. The lowest BCUT2D eigenvalue weighted by Crippen LogP contribution is -2.25. The highest BCUT2D eigenvalue weighted by molar-refractivity contribution is 5.19.